The van der Waals surface area contributed by atoms with E-state index < -0.39 is 11.7 Å². The smallest absolute Gasteiger partial charge is 0.407 e. The largest absolute Gasteiger partial charge is 0.473 e. The summed E-state index contributed by atoms with van der Waals surface area (Å²) in [6.45, 7) is 2.22. The van der Waals surface area contributed by atoms with Gasteiger partial charge in [0.2, 0.25) is 11.8 Å². The molecule has 10 nitrogen and oxygen atoms in total. The van der Waals surface area contributed by atoms with Crippen LogP contribution in [0.5, 0.6) is 11.8 Å². The van der Waals surface area contributed by atoms with Gasteiger partial charge in [-0.25, -0.2) is 4.79 Å². The minimum atomic E-state index is -1.02. The van der Waals surface area contributed by atoms with Gasteiger partial charge in [0.25, 0.3) is 5.91 Å². The Morgan fingerprint density at radius 3 is 2.05 bits per heavy atom. The van der Waals surface area contributed by atoms with Gasteiger partial charge in [-0.1, -0.05) is 110 Å². The first-order chi connectivity index (χ1) is 27.9. The third-order valence-electron chi connectivity index (χ3n) is 11.4. The van der Waals surface area contributed by atoms with Crippen molar-refractivity contribution >= 4 is 23.4 Å². The second kappa shape index (κ2) is 17.5. The SMILES string of the molecule is O=C(NCC1(O)CCC(N(CCC2CC2)c2cccc3c2CN(c2ccc(OCc4ccccc4)nc2OCc2ccccc2)C3=O)CC1)OCc1ccccc1. The zero-order valence-corrected chi connectivity index (χ0v) is 32.2. The van der Waals surface area contributed by atoms with Crippen molar-refractivity contribution in [3.8, 4) is 11.8 Å². The number of amides is 2. The van der Waals surface area contributed by atoms with Crippen LogP contribution < -0.4 is 24.6 Å². The molecule has 294 valence electrons. The van der Waals surface area contributed by atoms with E-state index in [1.807, 2.05) is 109 Å². The van der Waals surface area contributed by atoms with E-state index in [1.54, 1.807) is 11.0 Å². The Morgan fingerprint density at radius 1 is 0.772 bits per heavy atom. The molecular formula is C47H50N4O6. The molecule has 2 fully saturated rings. The van der Waals surface area contributed by atoms with Crippen LogP contribution in [0.25, 0.3) is 0 Å². The van der Waals surface area contributed by atoms with E-state index in [1.165, 1.54) is 12.8 Å². The van der Waals surface area contributed by atoms with E-state index in [4.69, 9.17) is 19.2 Å². The first-order valence-electron chi connectivity index (χ1n) is 20.1. The molecule has 0 bridgehead atoms. The molecule has 57 heavy (non-hydrogen) atoms. The first kappa shape index (κ1) is 38.0. The van der Waals surface area contributed by atoms with Gasteiger partial charge in [0.1, 0.15) is 25.5 Å². The molecule has 0 radical (unpaired) electrons. The number of nitrogens with zero attached hydrogens (tertiary/aromatic N) is 3. The number of nitrogens with one attached hydrogen (secondary N) is 1. The Balaban J connectivity index is 0.978. The molecule has 2 heterocycles. The first-order valence-corrected chi connectivity index (χ1v) is 20.1. The normalized spacial score (nSPS) is 18.8. The van der Waals surface area contributed by atoms with Crippen molar-refractivity contribution in [1.29, 1.82) is 0 Å². The fraction of sp³-hybridized carbons (Fsp3) is 0.340. The Hall–Kier alpha value is -5.87. The van der Waals surface area contributed by atoms with Gasteiger partial charge >= 0.3 is 6.09 Å². The van der Waals surface area contributed by atoms with E-state index in [0.29, 0.717) is 49.0 Å². The Morgan fingerprint density at radius 2 is 1.40 bits per heavy atom. The van der Waals surface area contributed by atoms with Crippen LogP contribution in [0.2, 0.25) is 0 Å². The van der Waals surface area contributed by atoms with Gasteiger partial charge in [-0.3, -0.25) is 9.69 Å². The van der Waals surface area contributed by atoms with Crippen LogP contribution in [0.3, 0.4) is 0 Å². The molecule has 10 heteroatoms. The second-order valence-electron chi connectivity index (χ2n) is 15.5. The van der Waals surface area contributed by atoms with Gasteiger partial charge in [0.05, 0.1) is 12.1 Å². The number of aromatic nitrogens is 1. The van der Waals surface area contributed by atoms with Crippen molar-refractivity contribution in [3.05, 3.63) is 149 Å². The summed E-state index contributed by atoms with van der Waals surface area (Å²) in [5.41, 5.74) is 5.22. The van der Waals surface area contributed by atoms with Crippen LogP contribution in [0.1, 0.15) is 77.6 Å². The summed E-state index contributed by atoms with van der Waals surface area (Å²) in [5, 5.41) is 14.3. The van der Waals surface area contributed by atoms with Crippen LogP contribution in [-0.4, -0.2) is 46.8 Å². The molecule has 2 aliphatic carbocycles. The number of pyridine rings is 1. The third-order valence-corrected chi connectivity index (χ3v) is 11.4. The summed E-state index contributed by atoms with van der Waals surface area (Å²) in [5.74, 6) is 1.38. The van der Waals surface area contributed by atoms with Gasteiger partial charge in [0, 0.05) is 42.0 Å². The Bertz CT molecular complexity index is 2120. The van der Waals surface area contributed by atoms with Gasteiger partial charge in [-0.2, -0.15) is 4.98 Å². The van der Waals surface area contributed by atoms with E-state index >= 15 is 0 Å². The lowest BCUT2D eigenvalue weighted by atomic mass is 9.81. The summed E-state index contributed by atoms with van der Waals surface area (Å²) >= 11 is 0. The van der Waals surface area contributed by atoms with Crippen LogP contribution in [0, 0.1) is 5.92 Å². The lowest BCUT2D eigenvalue weighted by Gasteiger charge is -2.42. The highest BCUT2D eigenvalue weighted by molar-refractivity contribution is 6.11. The average molecular weight is 767 g/mol. The molecule has 0 atom stereocenters. The fourth-order valence-corrected chi connectivity index (χ4v) is 7.91. The molecule has 0 unspecified atom stereocenters. The average Bonchev–Trinajstić information content (AvgIpc) is 4.03. The zero-order valence-electron chi connectivity index (χ0n) is 32.2. The minimum Gasteiger partial charge on any atom is -0.473 e. The Labute approximate surface area is 334 Å². The highest BCUT2D eigenvalue weighted by atomic mass is 16.5. The number of carbonyl (C=O) groups excluding carboxylic acids is 2. The summed E-state index contributed by atoms with van der Waals surface area (Å²) < 4.78 is 17.8. The lowest BCUT2D eigenvalue weighted by molar-refractivity contribution is -0.000621. The summed E-state index contributed by atoms with van der Waals surface area (Å²) in [7, 11) is 0. The van der Waals surface area contributed by atoms with E-state index in [0.717, 1.165) is 59.7 Å². The molecule has 2 amide bonds. The summed E-state index contributed by atoms with van der Waals surface area (Å²) in [6.07, 6.45) is 5.67. The van der Waals surface area contributed by atoms with Crippen molar-refractivity contribution in [3.63, 3.8) is 0 Å². The molecule has 2 N–H and O–H groups in total. The maximum absolute atomic E-state index is 14.3. The molecule has 3 aliphatic rings. The van der Waals surface area contributed by atoms with E-state index in [-0.39, 0.29) is 31.7 Å². The molecule has 0 saturated heterocycles. The van der Waals surface area contributed by atoms with Crippen LogP contribution >= 0.6 is 0 Å². The maximum atomic E-state index is 14.3. The predicted molar refractivity (Wildman–Crippen MR) is 219 cm³/mol. The number of hydrogen-bond acceptors (Lipinski definition) is 8. The second-order valence-corrected chi connectivity index (χ2v) is 15.5. The number of aliphatic hydroxyl groups is 1. The number of ether oxygens (including phenoxy) is 3. The number of fused-ring (bicyclic) bond motifs is 1. The quantitative estimate of drug-likeness (QED) is 0.103. The molecule has 1 aromatic heterocycles. The summed E-state index contributed by atoms with van der Waals surface area (Å²) in [4.78, 5) is 35.8. The number of benzene rings is 4. The van der Waals surface area contributed by atoms with Crippen LogP contribution in [-0.2, 0) is 31.1 Å². The van der Waals surface area contributed by atoms with Gasteiger partial charge in [-0.15, -0.1) is 0 Å². The maximum Gasteiger partial charge on any atom is 0.407 e. The highest BCUT2D eigenvalue weighted by Gasteiger charge is 2.39. The standard InChI is InChI=1S/C47H50N4O6/c52-45-39-17-10-18-41(50(28-25-34-19-20-34)38-23-26-47(54,27-24-38)33-48-46(53)57-32-37-15-8-3-9-16-37)40(39)29-51(45)42-21-22-43(55-30-35-11-4-1-5-12-35)49-44(42)56-31-36-13-6-2-7-14-36/h1-18,21-22,34,38,54H,19-20,23-33H2,(H,48,53). The van der Waals surface area contributed by atoms with E-state index in [2.05, 4.69) is 16.3 Å². The van der Waals surface area contributed by atoms with Gasteiger partial charge < -0.3 is 29.5 Å². The van der Waals surface area contributed by atoms with Crippen molar-refractivity contribution < 1.29 is 28.9 Å². The number of anilines is 2. The van der Waals surface area contributed by atoms with Gasteiger partial charge in [-0.05, 0) is 72.9 Å². The van der Waals surface area contributed by atoms with Crippen molar-refractivity contribution in [2.75, 3.05) is 22.9 Å². The van der Waals surface area contributed by atoms with Gasteiger partial charge in [0.15, 0.2) is 0 Å². The molecular weight excluding hydrogens is 717 g/mol. The number of hydrogen-bond donors (Lipinski definition) is 2. The fourth-order valence-electron chi connectivity index (χ4n) is 7.91. The third kappa shape index (κ3) is 9.57. The van der Waals surface area contributed by atoms with Crippen LogP contribution in [0.15, 0.2) is 121 Å². The zero-order chi connectivity index (χ0) is 39.0. The molecule has 2 saturated carbocycles. The number of alkyl carbamates (subject to hydrolysis) is 1. The molecule has 8 rings (SSSR count). The summed E-state index contributed by atoms with van der Waals surface area (Å²) in [6, 6.07) is 39.3. The topological polar surface area (TPSA) is 113 Å². The highest BCUT2D eigenvalue weighted by Crippen LogP contribution is 2.42. The lowest BCUT2D eigenvalue weighted by Crippen LogP contribution is -2.49. The Kier molecular flexibility index (Phi) is 11.7. The van der Waals surface area contributed by atoms with Crippen molar-refractivity contribution in [2.24, 2.45) is 5.92 Å². The minimum absolute atomic E-state index is 0.0958. The van der Waals surface area contributed by atoms with E-state index in [9.17, 15) is 14.7 Å². The number of rotatable bonds is 16. The van der Waals surface area contributed by atoms with Crippen molar-refractivity contribution in [2.45, 2.75) is 83.0 Å². The molecule has 1 aliphatic heterocycles. The molecule has 4 aromatic carbocycles. The number of carbonyl (C=O) groups is 2. The monoisotopic (exact) mass is 766 g/mol. The van der Waals surface area contributed by atoms with Crippen molar-refractivity contribution in [1.82, 2.24) is 10.3 Å². The molecule has 5 aromatic rings. The van der Waals surface area contributed by atoms with Crippen LogP contribution in [0.4, 0.5) is 16.2 Å². The molecule has 0 spiro atoms. The predicted octanol–water partition coefficient (Wildman–Crippen LogP) is 8.61.